The van der Waals surface area contributed by atoms with Gasteiger partial charge in [-0.05, 0) is 24.1 Å². The van der Waals surface area contributed by atoms with Crippen LogP contribution in [-0.2, 0) is 11.2 Å². The number of rotatable bonds is 2. The minimum Gasteiger partial charge on any atom is -0.378 e. The monoisotopic (exact) mass is 267 g/mol. The van der Waals surface area contributed by atoms with E-state index in [1.54, 1.807) is 6.20 Å². The normalized spacial score (nSPS) is 15.3. The molecule has 20 heavy (non-hydrogen) atoms. The Balaban J connectivity index is 2.21. The molecule has 0 unspecified atom stereocenters. The molecular formula is C16H17N3O. The van der Waals surface area contributed by atoms with E-state index in [0.29, 0.717) is 18.8 Å². The molecule has 1 aliphatic rings. The van der Waals surface area contributed by atoms with Crippen molar-refractivity contribution in [1.82, 2.24) is 4.98 Å². The fourth-order valence-electron chi connectivity index (χ4n) is 2.66. The average molecular weight is 267 g/mol. The molecule has 1 aliphatic heterocycles. The van der Waals surface area contributed by atoms with Gasteiger partial charge in [0.1, 0.15) is 6.07 Å². The van der Waals surface area contributed by atoms with Crippen molar-refractivity contribution in [3.05, 3.63) is 35.5 Å². The summed E-state index contributed by atoms with van der Waals surface area (Å²) >= 11 is 0. The molecule has 4 nitrogen and oxygen atoms in total. The third-order valence-corrected chi connectivity index (χ3v) is 3.76. The topological polar surface area (TPSA) is 49.2 Å². The molecule has 1 fully saturated rings. The van der Waals surface area contributed by atoms with Gasteiger partial charge in [0, 0.05) is 24.7 Å². The fourth-order valence-corrected chi connectivity index (χ4v) is 2.66. The zero-order chi connectivity index (χ0) is 13.9. The lowest BCUT2D eigenvalue weighted by Gasteiger charge is -2.30. The second-order valence-electron chi connectivity index (χ2n) is 4.94. The number of morpholine rings is 1. The minimum absolute atomic E-state index is 0.646. The number of aromatic nitrogens is 1. The Kier molecular flexibility index (Phi) is 3.53. The van der Waals surface area contributed by atoms with E-state index in [-0.39, 0.29) is 0 Å². The highest BCUT2D eigenvalue weighted by Gasteiger charge is 2.18. The number of ether oxygens (including phenoxy) is 1. The molecule has 2 aromatic rings. The summed E-state index contributed by atoms with van der Waals surface area (Å²) in [6.07, 6.45) is 2.66. The maximum atomic E-state index is 9.39. The molecule has 0 amide bonds. The third kappa shape index (κ3) is 2.21. The number of anilines is 1. The van der Waals surface area contributed by atoms with E-state index >= 15 is 0 Å². The molecule has 0 spiro atoms. The van der Waals surface area contributed by atoms with E-state index in [2.05, 4.69) is 35.0 Å². The van der Waals surface area contributed by atoms with Crippen molar-refractivity contribution in [2.75, 3.05) is 31.2 Å². The summed E-state index contributed by atoms with van der Waals surface area (Å²) in [4.78, 5) is 6.64. The van der Waals surface area contributed by atoms with Crippen molar-refractivity contribution in [3.8, 4) is 6.07 Å². The number of hydrogen-bond donors (Lipinski definition) is 0. The summed E-state index contributed by atoms with van der Waals surface area (Å²) in [6, 6.07) is 8.58. The molecule has 0 aliphatic carbocycles. The van der Waals surface area contributed by atoms with E-state index in [0.717, 1.165) is 36.1 Å². The Hall–Kier alpha value is -2.12. The lowest BCUT2D eigenvalue weighted by molar-refractivity contribution is 0.123. The van der Waals surface area contributed by atoms with Crippen LogP contribution in [0.5, 0.6) is 0 Å². The Morgan fingerprint density at radius 2 is 2.15 bits per heavy atom. The predicted molar refractivity (Wildman–Crippen MR) is 78.9 cm³/mol. The van der Waals surface area contributed by atoms with Gasteiger partial charge in [-0.1, -0.05) is 13.0 Å². The molecule has 0 bridgehead atoms. The van der Waals surface area contributed by atoms with Gasteiger partial charge >= 0.3 is 0 Å². The number of pyridine rings is 1. The molecule has 102 valence electrons. The Labute approximate surface area is 118 Å². The first-order valence-corrected chi connectivity index (χ1v) is 6.98. The van der Waals surface area contributed by atoms with Crippen molar-refractivity contribution in [1.29, 1.82) is 5.26 Å². The molecular weight excluding hydrogens is 250 g/mol. The maximum Gasteiger partial charge on any atom is 0.103 e. The SMILES string of the molecule is CCc1ccc2ncc(C#N)c(N3CCOCC3)c2c1. The highest BCUT2D eigenvalue weighted by molar-refractivity contribution is 5.95. The molecule has 1 aromatic carbocycles. The van der Waals surface area contributed by atoms with E-state index in [1.165, 1.54) is 5.56 Å². The van der Waals surface area contributed by atoms with Crippen LogP contribution in [0.15, 0.2) is 24.4 Å². The van der Waals surface area contributed by atoms with Crippen LogP contribution < -0.4 is 4.90 Å². The van der Waals surface area contributed by atoms with Crippen molar-refractivity contribution in [3.63, 3.8) is 0 Å². The van der Waals surface area contributed by atoms with E-state index in [9.17, 15) is 5.26 Å². The number of aryl methyl sites for hydroxylation is 1. The van der Waals surface area contributed by atoms with Crippen LogP contribution >= 0.6 is 0 Å². The van der Waals surface area contributed by atoms with Gasteiger partial charge < -0.3 is 9.64 Å². The first-order valence-electron chi connectivity index (χ1n) is 6.98. The maximum absolute atomic E-state index is 9.39. The highest BCUT2D eigenvalue weighted by atomic mass is 16.5. The number of hydrogen-bond acceptors (Lipinski definition) is 4. The Bertz CT molecular complexity index is 669. The average Bonchev–Trinajstić information content (AvgIpc) is 2.53. The number of nitrogens with zero attached hydrogens (tertiary/aromatic N) is 3. The summed E-state index contributed by atoms with van der Waals surface area (Å²) in [5.74, 6) is 0. The van der Waals surface area contributed by atoms with Gasteiger partial charge in [-0.25, -0.2) is 0 Å². The second-order valence-corrected chi connectivity index (χ2v) is 4.94. The van der Waals surface area contributed by atoms with E-state index in [4.69, 9.17) is 4.74 Å². The number of benzene rings is 1. The number of nitriles is 1. The molecule has 0 N–H and O–H groups in total. The summed E-state index contributed by atoms with van der Waals surface area (Å²) in [5, 5.41) is 10.5. The minimum atomic E-state index is 0.646. The lowest BCUT2D eigenvalue weighted by atomic mass is 10.0. The van der Waals surface area contributed by atoms with Crippen LogP contribution in [0, 0.1) is 11.3 Å². The third-order valence-electron chi connectivity index (χ3n) is 3.76. The van der Waals surface area contributed by atoms with Crippen molar-refractivity contribution in [2.24, 2.45) is 0 Å². The standard InChI is InChI=1S/C16H17N3O/c1-2-12-3-4-15-14(9-12)16(13(10-17)11-18-15)19-5-7-20-8-6-19/h3-4,9,11H,2,5-8H2,1H3. The molecule has 0 atom stereocenters. The van der Waals surface area contributed by atoms with E-state index in [1.807, 2.05) is 6.07 Å². The number of fused-ring (bicyclic) bond motifs is 1. The first-order chi connectivity index (χ1) is 9.83. The largest absolute Gasteiger partial charge is 0.378 e. The molecule has 0 radical (unpaired) electrons. The molecule has 2 heterocycles. The van der Waals surface area contributed by atoms with Gasteiger partial charge in [-0.15, -0.1) is 0 Å². The van der Waals surface area contributed by atoms with Crippen LogP contribution in [0.25, 0.3) is 10.9 Å². The Morgan fingerprint density at radius 3 is 2.85 bits per heavy atom. The summed E-state index contributed by atoms with van der Waals surface area (Å²) < 4.78 is 5.41. The van der Waals surface area contributed by atoms with Gasteiger partial charge in [-0.2, -0.15) is 5.26 Å². The molecule has 1 aromatic heterocycles. The zero-order valence-electron chi connectivity index (χ0n) is 11.6. The highest BCUT2D eigenvalue weighted by Crippen LogP contribution is 2.30. The second kappa shape index (κ2) is 5.48. The van der Waals surface area contributed by atoms with Crippen molar-refractivity contribution in [2.45, 2.75) is 13.3 Å². The van der Waals surface area contributed by atoms with E-state index < -0.39 is 0 Å². The van der Waals surface area contributed by atoms with Gasteiger partial charge in [0.2, 0.25) is 0 Å². The van der Waals surface area contributed by atoms with Gasteiger partial charge in [0.15, 0.2) is 0 Å². The van der Waals surface area contributed by atoms with Gasteiger partial charge in [-0.3, -0.25) is 4.98 Å². The molecule has 4 heteroatoms. The predicted octanol–water partition coefficient (Wildman–Crippen LogP) is 2.51. The van der Waals surface area contributed by atoms with Crippen LogP contribution in [-0.4, -0.2) is 31.3 Å². The van der Waals surface area contributed by atoms with Crippen molar-refractivity contribution >= 4 is 16.6 Å². The smallest absolute Gasteiger partial charge is 0.103 e. The summed E-state index contributed by atoms with van der Waals surface area (Å²) in [7, 11) is 0. The quantitative estimate of drug-likeness (QED) is 0.839. The van der Waals surface area contributed by atoms with Crippen LogP contribution in [0.3, 0.4) is 0 Å². The molecule has 0 saturated carbocycles. The van der Waals surface area contributed by atoms with Crippen LogP contribution in [0.1, 0.15) is 18.1 Å². The van der Waals surface area contributed by atoms with Crippen LogP contribution in [0.2, 0.25) is 0 Å². The summed E-state index contributed by atoms with van der Waals surface area (Å²) in [5.41, 5.74) is 3.87. The molecule has 1 saturated heterocycles. The van der Waals surface area contributed by atoms with Gasteiger partial charge in [0.25, 0.3) is 0 Å². The lowest BCUT2D eigenvalue weighted by Crippen LogP contribution is -2.36. The van der Waals surface area contributed by atoms with Crippen molar-refractivity contribution < 1.29 is 4.74 Å². The first kappa shape index (κ1) is 12.9. The van der Waals surface area contributed by atoms with Gasteiger partial charge in [0.05, 0.1) is 30.0 Å². The zero-order valence-corrected chi connectivity index (χ0v) is 11.6. The summed E-state index contributed by atoms with van der Waals surface area (Å²) in [6.45, 7) is 5.20. The fraction of sp³-hybridized carbons (Fsp3) is 0.375. The molecule has 3 rings (SSSR count). The van der Waals surface area contributed by atoms with Crippen LogP contribution in [0.4, 0.5) is 5.69 Å². The Morgan fingerprint density at radius 1 is 1.35 bits per heavy atom.